The molecule has 0 unspecified atom stereocenters. The first kappa shape index (κ1) is 14.5. The number of aromatic nitrogens is 2. The van der Waals surface area contributed by atoms with Crippen molar-refractivity contribution < 1.29 is 4.39 Å². The molecule has 20 heavy (non-hydrogen) atoms. The second-order valence-electron chi connectivity index (χ2n) is 4.40. The van der Waals surface area contributed by atoms with Gasteiger partial charge in [0, 0.05) is 23.9 Å². The van der Waals surface area contributed by atoms with Crippen molar-refractivity contribution in [2.45, 2.75) is 20.4 Å². The molecule has 0 saturated heterocycles. The molecule has 106 valence electrons. The van der Waals surface area contributed by atoms with Gasteiger partial charge in [-0.3, -0.25) is 4.68 Å². The van der Waals surface area contributed by atoms with E-state index in [1.165, 1.54) is 6.07 Å². The second kappa shape index (κ2) is 6.47. The summed E-state index contributed by atoms with van der Waals surface area (Å²) in [5.74, 6) is 0.435. The Hall–Kier alpha value is -1.95. The molecule has 6 heteroatoms. The van der Waals surface area contributed by atoms with E-state index in [0.717, 1.165) is 12.2 Å². The van der Waals surface area contributed by atoms with Crippen LogP contribution in [0.3, 0.4) is 0 Å². The first-order chi connectivity index (χ1) is 9.60. The predicted octanol–water partition coefficient (Wildman–Crippen LogP) is 2.69. The highest BCUT2D eigenvalue weighted by molar-refractivity contribution is 7.80. The summed E-state index contributed by atoms with van der Waals surface area (Å²) in [6.45, 7) is 5.04. The fourth-order valence-electron chi connectivity index (χ4n) is 1.84. The number of hydrogen-bond acceptors (Lipinski definition) is 2. The molecule has 1 aromatic heterocycles. The lowest BCUT2D eigenvalue weighted by molar-refractivity contribution is 0.581. The largest absolute Gasteiger partial charge is 0.363 e. The number of benzene rings is 1. The summed E-state index contributed by atoms with van der Waals surface area (Å²) in [6.07, 6.45) is 0. The van der Waals surface area contributed by atoms with Gasteiger partial charge in [-0.15, -0.1) is 0 Å². The van der Waals surface area contributed by atoms with Crippen LogP contribution in [0.5, 0.6) is 0 Å². The monoisotopic (exact) mass is 292 g/mol. The van der Waals surface area contributed by atoms with Crippen LogP contribution in [-0.2, 0) is 6.54 Å². The van der Waals surface area contributed by atoms with E-state index in [1.54, 1.807) is 16.8 Å². The van der Waals surface area contributed by atoms with Crippen LogP contribution in [0.2, 0.25) is 0 Å². The van der Waals surface area contributed by atoms with Crippen molar-refractivity contribution in [2.24, 2.45) is 0 Å². The molecular formula is C14H17FN4S. The summed E-state index contributed by atoms with van der Waals surface area (Å²) < 4.78 is 15.4. The van der Waals surface area contributed by atoms with E-state index in [9.17, 15) is 4.39 Å². The van der Waals surface area contributed by atoms with Gasteiger partial charge in [-0.1, -0.05) is 18.2 Å². The van der Waals surface area contributed by atoms with Crippen LogP contribution in [0, 0.1) is 12.7 Å². The molecular weight excluding hydrogens is 275 g/mol. The Morgan fingerprint density at radius 3 is 2.85 bits per heavy atom. The molecule has 0 bridgehead atoms. The molecule has 1 heterocycles. The van der Waals surface area contributed by atoms with Crippen molar-refractivity contribution in [1.82, 2.24) is 15.1 Å². The van der Waals surface area contributed by atoms with Crippen LogP contribution in [-0.4, -0.2) is 21.4 Å². The lowest BCUT2D eigenvalue weighted by Crippen LogP contribution is -2.28. The van der Waals surface area contributed by atoms with Gasteiger partial charge >= 0.3 is 0 Å². The molecule has 0 aliphatic rings. The minimum absolute atomic E-state index is 0.222. The smallest absolute Gasteiger partial charge is 0.171 e. The molecule has 2 aromatic rings. The first-order valence-electron chi connectivity index (χ1n) is 6.43. The van der Waals surface area contributed by atoms with Gasteiger partial charge in [0.2, 0.25) is 0 Å². The van der Waals surface area contributed by atoms with Crippen LogP contribution in [0.25, 0.3) is 0 Å². The minimum Gasteiger partial charge on any atom is -0.363 e. The molecule has 1 aromatic carbocycles. The Bertz CT molecular complexity index is 609. The van der Waals surface area contributed by atoms with E-state index in [2.05, 4.69) is 15.7 Å². The predicted molar refractivity (Wildman–Crippen MR) is 82.4 cm³/mol. The summed E-state index contributed by atoms with van der Waals surface area (Å²) in [5.41, 5.74) is 1.55. The van der Waals surface area contributed by atoms with Crippen molar-refractivity contribution in [3.8, 4) is 0 Å². The number of anilines is 1. The second-order valence-corrected chi connectivity index (χ2v) is 4.81. The zero-order valence-corrected chi connectivity index (χ0v) is 12.3. The molecule has 0 aliphatic heterocycles. The van der Waals surface area contributed by atoms with Crippen LogP contribution in [0.1, 0.15) is 18.2 Å². The zero-order valence-electron chi connectivity index (χ0n) is 11.5. The highest BCUT2D eigenvalue weighted by Gasteiger charge is 2.08. The highest BCUT2D eigenvalue weighted by Crippen LogP contribution is 2.13. The third-order valence-electron chi connectivity index (χ3n) is 2.84. The molecule has 0 atom stereocenters. The van der Waals surface area contributed by atoms with Crippen LogP contribution >= 0.6 is 12.2 Å². The number of halogens is 1. The number of rotatable bonds is 4. The summed E-state index contributed by atoms with van der Waals surface area (Å²) in [4.78, 5) is 0. The van der Waals surface area contributed by atoms with Crippen molar-refractivity contribution in [3.05, 3.63) is 47.4 Å². The van der Waals surface area contributed by atoms with Gasteiger partial charge < -0.3 is 10.6 Å². The average Bonchev–Trinajstić information content (AvgIpc) is 2.72. The Balaban J connectivity index is 2.12. The fraction of sp³-hybridized carbons (Fsp3) is 0.286. The van der Waals surface area contributed by atoms with Crippen molar-refractivity contribution in [2.75, 3.05) is 11.9 Å². The third kappa shape index (κ3) is 3.54. The lowest BCUT2D eigenvalue weighted by Gasteiger charge is -2.06. The summed E-state index contributed by atoms with van der Waals surface area (Å²) in [5, 5.41) is 10.9. The summed E-state index contributed by atoms with van der Waals surface area (Å²) in [6, 6.07) is 8.58. The Kier molecular flexibility index (Phi) is 4.68. The van der Waals surface area contributed by atoms with Crippen molar-refractivity contribution in [3.63, 3.8) is 0 Å². The molecule has 0 amide bonds. The SMILES string of the molecule is CCNC(=S)Nc1cc(C)n(Cc2ccccc2F)n1. The van der Waals surface area contributed by atoms with E-state index in [1.807, 2.05) is 26.0 Å². The van der Waals surface area contributed by atoms with Crippen LogP contribution in [0.15, 0.2) is 30.3 Å². The minimum atomic E-state index is -0.222. The number of aryl methyl sites for hydroxylation is 1. The van der Waals surface area contributed by atoms with E-state index < -0.39 is 0 Å². The van der Waals surface area contributed by atoms with Gasteiger partial charge in [-0.25, -0.2) is 4.39 Å². The van der Waals surface area contributed by atoms with E-state index in [0.29, 0.717) is 23.0 Å². The van der Waals surface area contributed by atoms with Gasteiger partial charge in [-0.2, -0.15) is 5.10 Å². The molecule has 4 nitrogen and oxygen atoms in total. The van der Waals surface area contributed by atoms with Crippen LogP contribution in [0.4, 0.5) is 10.2 Å². The molecule has 0 saturated carbocycles. The first-order valence-corrected chi connectivity index (χ1v) is 6.83. The average molecular weight is 292 g/mol. The molecule has 0 aliphatic carbocycles. The Morgan fingerprint density at radius 2 is 2.15 bits per heavy atom. The molecule has 0 spiro atoms. The van der Waals surface area contributed by atoms with Crippen LogP contribution < -0.4 is 10.6 Å². The van der Waals surface area contributed by atoms with Crippen molar-refractivity contribution >= 4 is 23.1 Å². The van der Waals surface area contributed by atoms with Gasteiger partial charge in [-0.05, 0) is 32.1 Å². The molecule has 0 fully saturated rings. The summed E-state index contributed by atoms with van der Waals surface area (Å²) in [7, 11) is 0. The van der Waals surface area contributed by atoms with Gasteiger partial charge in [0.1, 0.15) is 5.82 Å². The number of nitrogens with one attached hydrogen (secondary N) is 2. The van der Waals surface area contributed by atoms with Gasteiger partial charge in [0.05, 0.1) is 6.54 Å². The maximum absolute atomic E-state index is 13.6. The molecule has 2 rings (SSSR count). The van der Waals surface area contributed by atoms with Gasteiger partial charge in [0.25, 0.3) is 0 Å². The van der Waals surface area contributed by atoms with Crippen molar-refractivity contribution in [1.29, 1.82) is 0 Å². The maximum atomic E-state index is 13.6. The maximum Gasteiger partial charge on any atom is 0.171 e. The Labute approximate surface area is 123 Å². The quantitative estimate of drug-likeness (QED) is 0.850. The van der Waals surface area contributed by atoms with E-state index in [-0.39, 0.29) is 5.82 Å². The standard InChI is InChI=1S/C14H17FN4S/c1-3-16-14(20)17-13-8-10(2)19(18-13)9-11-6-4-5-7-12(11)15/h4-8H,3,9H2,1-2H3,(H2,16,17,18,20). The normalized spacial score (nSPS) is 10.3. The van der Waals surface area contributed by atoms with E-state index >= 15 is 0 Å². The third-order valence-corrected chi connectivity index (χ3v) is 3.08. The topological polar surface area (TPSA) is 41.9 Å². The number of hydrogen-bond donors (Lipinski definition) is 2. The molecule has 2 N–H and O–H groups in total. The lowest BCUT2D eigenvalue weighted by atomic mass is 10.2. The Morgan fingerprint density at radius 1 is 1.40 bits per heavy atom. The fourth-order valence-corrected chi connectivity index (χ4v) is 2.09. The highest BCUT2D eigenvalue weighted by atomic mass is 32.1. The summed E-state index contributed by atoms with van der Waals surface area (Å²) >= 11 is 5.11. The number of nitrogens with zero attached hydrogens (tertiary/aromatic N) is 2. The van der Waals surface area contributed by atoms with Gasteiger partial charge in [0.15, 0.2) is 10.9 Å². The zero-order chi connectivity index (χ0) is 14.5. The van der Waals surface area contributed by atoms with E-state index in [4.69, 9.17) is 12.2 Å². The number of thiocarbonyl (C=S) groups is 1. The molecule has 0 radical (unpaired) electrons.